The molecule has 0 aliphatic heterocycles. The third-order valence-electron chi connectivity index (χ3n) is 2.95. The molecule has 24 heavy (non-hydrogen) atoms. The number of ether oxygens (including phenoxy) is 2. The van der Waals surface area contributed by atoms with Crippen LogP contribution < -0.4 is 14.8 Å². The lowest BCUT2D eigenvalue weighted by atomic mass is 10.3. The molecule has 1 N–H and O–H groups in total. The number of hydrogen-bond donors (Lipinski definition) is 1. The van der Waals surface area contributed by atoms with Crippen LogP contribution in [0.5, 0.6) is 11.5 Å². The number of anilines is 1. The monoisotopic (exact) mass is 370 g/mol. The molecule has 0 bridgehead atoms. The maximum absolute atomic E-state index is 11.9. The Balaban J connectivity index is 2.06. The van der Waals surface area contributed by atoms with Crippen molar-refractivity contribution >= 4 is 40.5 Å². The zero-order valence-electron chi connectivity index (χ0n) is 12.4. The summed E-state index contributed by atoms with van der Waals surface area (Å²) < 4.78 is 10.1. The topological polar surface area (TPSA) is 90.7 Å². The van der Waals surface area contributed by atoms with E-state index in [4.69, 9.17) is 32.7 Å². The van der Waals surface area contributed by atoms with E-state index < -0.39 is 17.4 Å². The smallest absolute Gasteiger partial charge is 0.314 e. The number of hydrogen-bond acceptors (Lipinski definition) is 5. The molecule has 0 aromatic heterocycles. The number of methoxy groups -OCH3 is 1. The molecule has 0 radical (unpaired) electrons. The zero-order valence-corrected chi connectivity index (χ0v) is 13.9. The van der Waals surface area contributed by atoms with Crippen LogP contribution >= 0.6 is 23.2 Å². The number of rotatable bonds is 6. The van der Waals surface area contributed by atoms with Gasteiger partial charge in [-0.2, -0.15) is 0 Å². The molecule has 0 aliphatic carbocycles. The number of nitro benzene ring substituents is 1. The van der Waals surface area contributed by atoms with Crippen LogP contribution in [0.3, 0.4) is 0 Å². The van der Waals surface area contributed by atoms with E-state index in [1.807, 2.05) is 0 Å². The number of nitro groups is 1. The minimum absolute atomic E-state index is 0.0480. The van der Waals surface area contributed by atoms with Crippen LogP contribution in [-0.4, -0.2) is 24.5 Å². The Hall–Kier alpha value is -2.51. The molecule has 0 saturated heterocycles. The van der Waals surface area contributed by atoms with E-state index in [0.29, 0.717) is 16.5 Å². The van der Waals surface area contributed by atoms with Gasteiger partial charge < -0.3 is 14.8 Å². The van der Waals surface area contributed by atoms with Crippen LogP contribution in [0.1, 0.15) is 0 Å². The van der Waals surface area contributed by atoms with E-state index in [-0.39, 0.29) is 16.5 Å². The van der Waals surface area contributed by atoms with Crippen molar-refractivity contribution in [3.63, 3.8) is 0 Å². The Morgan fingerprint density at radius 3 is 2.71 bits per heavy atom. The average molecular weight is 371 g/mol. The van der Waals surface area contributed by atoms with Crippen LogP contribution in [0.4, 0.5) is 11.4 Å². The molecule has 126 valence electrons. The van der Waals surface area contributed by atoms with Gasteiger partial charge in [-0.25, -0.2) is 0 Å². The predicted molar refractivity (Wildman–Crippen MR) is 90.2 cm³/mol. The van der Waals surface area contributed by atoms with Gasteiger partial charge >= 0.3 is 5.69 Å². The van der Waals surface area contributed by atoms with Crippen molar-refractivity contribution in [2.75, 3.05) is 19.0 Å². The highest BCUT2D eigenvalue weighted by Gasteiger charge is 2.18. The van der Waals surface area contributed by atoms with Crippen LogP contribution in [0, 0.1) is 10.1 Å². The molecule has 0 saturated carbocycles. The molecule has 2 rings (SSSR count). The highest BCUT2D eigenvalue weighted by Crippen LogP contribution is 2.31. The van der Waals surface area contributed by atoms with E-state index in [2.05, 4.69) is 5.32 Å². The Kier molecular flexibility index (Phi) is 5.83. The molecule has 7 nitrogen and oxygen atoms in total. The Morgan fingerprint density at radius 2 is 2.04 bits per heavy atom. The standard InChI is InChI=1S/C15H12Cl2N2O5/c1-23-9-5-6-13(12(7-9)19(21)22)24-8-14(20)18-11-4-2-3-10(16)15(11)17/h2-7H,8H2,1H3,(H,18,20). The van der Waals surface area contributed by atoms with Crippen molar-refractivity contribution in [3.05, 3.63) is 56.6 Å². The summed E-state index contributed by atoms with van der Waals surface area (Å²) in [7, 11) is 1.39. The largest absolute Gasteiger partial charge is 0.496 e. The first-order valence-electron chi connectivity index (χ1n) is 6.61. The summed E-state index contributed by atoms with van der Waals surface area (Å²) in [6.45, 7) is -0.435. The number of nitrogens with one attached hydrogen (secondary N) is 1. The third-order valence-corrected chi connectivity index (χ3v) is 3.77. The second kappa shape index (κ2) is 7.85. The van der Waals surface area contributed by atoms with Gasteiger partial charge in [-0.05, 0) is 24.3 Å². The lowest BCUT2D eigenvalue weighted by molar-refractivity contribution is -0.385. The summed E-state index contributed by atoms with van der Waals surface area (Å²) in [5.74, 6) is -0.276. The lowest BCUT2D eigenvalue weighted by Crippen LogP contribution is -2.20. The average Bonchev–Trinajstić information content (AvgIpc) is 2.57. The van der Waals surface area contributed by atoms with Crippen molar-refractivity contribution in [2.45, 2.75) is 0 Å². The number of carbonyl (C=O) groups is 1. The van der Waals surface area contributed by atoms with Crippen LogP contribution in [0.25, 0.3) is 0 Å². The Bertz CT molecular complexity index is 782. The maximum Gasteiger partial charge on any atom is 0.314 e. The van der Waals surface area contributed by atoms with Gasteiger partial charge in [0.15, 0.2) is 12.4 Å². The van der Waals surface area contributed by atoms with E-state index in [1.165, 1.54) is 25.3 Å². The van der Waals surface area contributed by atoms with Crippen LogP contribution in [0.15, 0.2) is 36.4 Å². The molecule has 0 fully saturated rings. The van der Waals surface area contributed by atoms with Crippen LogP contribution in [-0.2, 0) is 4.79 Å². The number of benzene rings is 2. The molecule has 0 heterocycles. The molecular weight excluding hydrogens is 359 g/mol. The van der Waals surface area contributed by atoms with E-state index >= 15 is 0 Å². The minimum atomic E-state index is -0.621. The molecule has 1 amide bonds. The summed E-state index contributed by atoms with van der Waals surface area (Å²) in [6.07, 6.45) is 0. The summed E-state index contributed by atoms with van der Waals surface area (Å²) in [5, 5.41) is 14.1. The van der Waals surface area contributed by atoms with Gasteiger partial charge in [-0.3, -0.25) is 14.9 Å². The fourth-order valence-electron chi connectivity index (χ4n) is 1.82. The highest BCUT2D eigenvalue weighted by molar-refractivity contribution is 6.43. The Labute approximate surface area is 147 Å². The van der Waals surface area contributed by atoms with E-state index in [0.717, 1.165) is 0 Å². The number of amides is 1. The molecule has 0 unspecified atom stereocenters. The number of halogens is 2. The van der Waals surface area contributed by atoms with Gasteiger partial charge in [0, 0.05) is 0 Å². The fraction of sp³-hybridized carbons (Fsp3) is 0.133. The van der Waals surface area contributed by atoms with Gasteiger partial charge in [0.25, 0.3) is 5.91 Å². The van der Waals surface area contributed by atoms with Crippen molar-refractivity contribution in [2.24, 2.45) is 0 Å². The maximum atomic E-state index is 11.9. The molecule has 9 heteroatoms. The van der Waals surface area contributed by atoms with Gasteiger partial charge in [0.05, 0.1) is 33.8 Å². The SMILES string of the molecule is COc1ccc(OCC(=O)Nc2cccc(Cl)c2Cl)c([N+](=O)[O-])c1. The molecule has 2 aromatic carbocycles. The van der Waals surface area contributed by atoms with Gasteiger partial charge in [0.2, 0.25) is 0 Å². The van der Waals surface area contributed by atoms with Crippen LogP contribution in [0.2, 0.25) is 10.0 Å². The van der Waals surface area contributed by atoms with Gasteiger partial charge in [-0.15, -0.1) is 0 Å². The molecule has 0 atom stereocenters. The summed E-state index contributed by atoms with van der Waals surface area (Å²) >= 11 is 11.8. The fourth-order valence-corrected chi connectivity index (χ4v) is 2.17. The zero-order chi connectivity index (χ0) is 17.7. The number of nitrogens with zero attached hydrogens (tertiary/aromatic N) is 1. The van der Waals surface area contributed by atoms with E-state index in [9.17, 15) is 14.9 Å². The molecule has 0 aliphatic rings. The second-order valence-electron chi connectivity index (χ2n) is 4.53. The third kappa shape index (κ3) is 4.27. The van der Waals surface area contributed by atoms with Crippen molar-refractivity contribution in [1.82, 2.24) is 0 Å². The summed E-state index contributed by atoms with van der Waals surface area (Å²) in [5.41, 5.74) is 0.0185. The first-order chi connectivity index (χ1) is 11.4. The summed E-state index contributed by atoms with van der Waals surface area (Å²) in [4.78, 5) is 22.3. The molecule has 0 spiro atoms. The normalized spacial score (nSPS) is 10.1. The van der Waals surface area contributed by atoms with Crippen molar-refractivity contribution in [1.29, 1.82) is 0 Å². The second-order valence-corrected chi connectivity index (χ2v) is 5.31. The highest BCUT2D eigenvalue weighted by atomic mass is 35.5. The Morgan fingerprint density at radius 1 is 1.29 bits per heavy atom. The first kappa shape index (κ1) is 17.8. The lowest BCUT2D eigenvalue weighted by Gasteiger charge is -2.10. The first-order valence-corrected chi connectivity index (χ1v) is 7.37. The van der Waals surface area contributed by atoms with Gasteiger partial charge in [0.1, 0.15) is 5.75 Å². The summed E-state index contributed by atoms with van der Waals surface area (Å²) in [6, 6.07) is 8.84. The number of carbonyl (C=O) groups excluding carboxylic acids is 1. The predicted octanol–water partition coefficient (Wildman–Crippen LogP) is 3.93. The van der Waals surface area contributed by atoms with Gasteiger partial charge in [-0.1, -0.05) is 29.3 Å². The van der Waals surface area contributed by atoms with Crippen molar-refractivity contribution < 1.29 is 19.2 Å². The van der Waals surface area contributed by atoms with Crippen molar-refractivity contribution in [3.8, 4) is 11.5 Å². The van der Waals surface area contributed by atoms with E-state index in [1.54, 1.807) is 18.2 Å². The molecule has 2 aromatic rings. The quantitative estimate of drug-likeness (QED) is 0.614. The molecular formula is C15H12Cl2N2O5. The minimum Gasteiger partial charge on any atom is -0.496 e.